The van der Waals surface area contributed by atoms with Gasteiger partial charge in [-0.3, -0.25) is 0 Å². The lowest BCUT2D eigenvalue weighted by Gasteiger charge is -2.12. The Balaban J connectivity index is 2.53. The first-order valence-corrected chi connectivity index (χ1v) is 6.20. The van der Waals surface area contributed by atoms with Crippen molar-refractivity contribution in [3.8, 4) is 16.9 Å². The lowest BCUT2D eigenvalue weighted by molar-refractivity contribution is 0.414. The number of halogens is 1. The SMILES string of the molecule is CNCc1cc(OC)ccc1-c1ccccc1Cl. The van der Waals surface area contributed by atoms with E-state index in [4.69, 9.17) is 16.3 Å². The number of hydrogen-bond donors (Lipinski definition) is 1. The maximum absolute atomic E-state index is 6.25. The van der Waals surface area contributed by atoms with Gasteiger partial charge in [0.1, 0.15) is 5.75 Å². The van der Waals surface area contributed by atoms with Gasteiger partial charge in [-0.1, -0.05) is 35.9 Å². The summed E-state index contributed by atoms with van der Waals surface area (Å²) in [7, 11) is 3.60. The third kappa shape index (κ3) is 2.66. The molecule has 0 aromatic heterocycles. The molecule has 94 valence electrons. The molecule has 2 rings (SSSR count). The van der Waals surface area contributed by atoms with Crippen molar-refractivity contribution in [2.24, 2.45) is 0 Å². The first kappa shape index (κ1) is 12.9. The monoisotopic (exact) mass is 261 g/mol. The van der Waals surface area contributed by atoms with E-state index in [1.807, 2.05) is 49.5 Å². The van der Waals surface area contributed by atoms with Gasteiger partial charge in [0, 0.05) is 17.1 Å². The number of benzene rings is 2. The lowest BCUT2D eigenvalue weighted by Crippen LogP contribution is -2.06. The van der Waals surface area contributed by atoms with E-state index in [0.29, 0.717) is 0 Å². The van der Waals surface area contributed by atoms with Gasteiger partial charge in [0.2, 0.25) is 0 Å². The molecular weight excluding hydrogens is 246 g/mol. The average Bonchev–Trinajstić information content (AvgIpc) is 2.40. The molecule has 0 bridgehead atoms. The van der Waals surface area contributed by atoms with Gasteiger partial charge in [-0.05, 0) is 36.4 Å². The zero-order valence-corrected chi connectivity index (χ0v) is 11.3. The quantitative estimate of drug-likeness (QED) is 0.905. The third-order valence-electron chi connectivity index (χ3n) is 2.84. The minimum atomic E-state index is 0.764. The first-order valence-electron chi connectivity index (χ1n) is 5.82. The summed E-state index contributed by atoms with van der Waals surface area (Å²) in [5, 5.41) is 3.93. The van der Waals surface area contributed by atoms with Crippen LogP contribution in [0, 0.1) is 0 Å². The fourth-order valence-corrected chi connectivity index (χ4v) is 2.21. The average molecular weight is 262 g/mol. The van der Waals surface area contributed by atoms with E-state index in [1.165, 1.54) is 5.56 Å². The van der Waals surface area contributed by atoms with Gasteiger partial charge in [0.25, 0.3) is 0 Å². The zero-order chi connectivity index (χ0) is 13.0. The van der Waals surface area contributed by atoms with Crippen LogP contribution in [0.15, 0.2) is 42.5 Å². The fourth-order valence-electron chi connectivity index (χ4n) is 1.98. The van der Waals surface area contributed by atoms with Crippen LogP contribution in [0.3, 0.4) is 0 Å². The number of methoxy groups -OCH3 is 1. The van der Waals surface area contributed by atoms with E-state index in [1.54, 1.807) is 7.11 Å². The molecule has 3 heteroatoms. The van der Waals surface area contributed by atoms with E-state index >= 15 is 0 Å². The van der Waals surface area contributed by atoms with E-state index < -0.39 is 0 Å². The van der Waals surface area contributed by atoms with Crippen LogP contribution in [-0.4, -0.2) is 14.2 Å². The van der Waals surface area contributed by atoms with E-state index in [-0.39, 0.29) is 0 Å². The van der Waals surface area contributed by atoms with Crippen molar-refractivity contribution in [2.45, 2.75) is 6.54 Å². The van der Waals surface area contributed by atoms with Crippen molar-refractivity contribution in [3.05, 3.63) is 53.1 Å². The Hall–Kier alpha value is -1.51. The predicted octanol–water partition coefficient (Wildman–Crippen LogP) is 3.74. The number of rotatable bonds is 4. The molecule has 0 spiro atoms. The molecule has 2 aromatic carbocycles. The first-order chi connectivity index (χ1) is 8.76. The van der Waals surface area contributed by atoms with Crippen LogP contribution in [0.4, 0.5) is 0 Å². The highest BCUT2D eigenvalue weighted by atomic mass is 35.5. The van der Waals surface area contributed by atoms with Crippen LogP contribution in [0.1, 0.15) is 5.56 Å². The summed E-state index contributed by atoms with van der Waals surface area (Å²) in [6, 6.07) is 13.9. The van der Waals surface area contributed by atoms with Gasteiger partial charge >= 0.3 is 0 Å². The molecule has 18 heavy (non-hydrogen) atoms. The van der Waals surface area contributed by atoms with Gasteiger partial charge in [-0.25, -0.2) is 0 Å². The second-order valence-corrected chi connectivity index (χ2v) is 4.44. The Morgan fingerprint density at radius 3 is 2.56 bits per heavy atom. The Bertz CT molecular complexity index is 540. The van der Waals surface area contributed by atoms with E-state index in [9.17, 15) is 0 Å². The molecule has 0 aliphatic rings. The smallest absolute Gasteiger partial charge is 0.119 e. The Labute approximate surface area is 113 Å². The van der Waals surface area contributed by atoms with Crippen LogP contribution in [0.5, 0.6) is 5.75 Å². The molecule has 0 atom stereocenters. The van der Waals surface area contributed by atoms with Crippen molar-refractivity contribution >= 4 is 11.6 Å². The summed E-state index contributed by atoms with van der Waals surface area (Å²) < 4.78 is 5.26. The maximum Gasteiger partial charge on any atom is 0.119 e. The van der Waals surface area contributed by atoms with Crippen molar-refractivity contribution in [2.75, 3.05) is 14.2 Å². The molecule has 2 aromatic rings. The Morgan fingerprint density at radius 1 is 1.11 bits per heavy atom. The minimum absolute atomic E-state index is 0.764. The summed E-state index contributed by atoms with van der Waals surface area (Å²) in [4.78, 5) is 0. The number of hydrogen-bond acceptors (Lipinski definition) is 2. The highest BCUT2D eigenvalue weighted by Gasteiger charge is 2.09. The van der Waals surface area contributed by atoms with Gasteiger partial charge in [0.05, 0.1) is 7.11 Å². The zero-order valence-electron chi connectivity index (χ0n) is 10.5. The summed E-state index contributed by atoms with van der Waals surface area (Å²) in [6.07, 6.45) is 0. The molecule has 0 unspecified atom stereocenters. The Morgan fingerprint density at radius 2 is 1.89 bits per heavy atom. The lowest BCUT2D eigenvalue weighted by atomic mass is 9.99. The van der Waals surface area contributed by atoms with Crippen molar-refractivity contribution in [3.63, 3.8) is 0 Å². The van der Waals surface area contributed by atoms with Crippen molar-refractivity contribution in [1.82, 2.24) is 5.32 Å². The summed E-state index contributed by atoms with van der Waals surface area (Å²) >= 11 is 6.25. The summed E-state index contributed by atoms with van der Waals surface area (Å²) in [5.74, 6) is 0.857. The van der Waals surface area contributed by atoms with Gasteiger partial charge in [0.15, 0.2) is 0 Å². The molecular formula is C15H16ClNO. The fraction of sp³-hybridized carbons (Fsp3) is 0.200. The van der Waals surface area contributed by atoms with Crippen LogP contribution in [-0.2, 0) is 6.54 Å². The summed E-state index contributed by atoms with van der Waals surface area (Å²) in [6.45, 7) is 0.776. The number of ether oxygens (including phenoxy) is 1. The normalized spacial score (nSPS) is 10.4. The van der Waals surface area contributed by atoms with E-state index in [0.717, 1.165) is 28.4 Å². The largest absolute Gasteiger partial charge is 0.497 e. The van der Waals surface area contributed by atoms with Gasteiger partial charge < -0.3 is 10.1 Å². The molecule has 0 aliphatic carbocycles. The molecule has 0 amide bonds. The highest BCUT2D eigenvalue weighted by Crippen LogP contribution is 2.32. The summed E-state index contributed by atoms with van der Waals surface area (Å²) in [5.41, 5.74) is 3.35. The van der Waals surface area contributed by atoms with Gasteiger partial charge in [-0.15, -0.1) is 0 Å². The van der Waals surface area contributed by atoms with Gasteiger partial charge in [-0.2, -0.15) is 0 Å². The second-order valence-electron chi connectivity index (χ2n) is 4.03. The molecule has 1 N–H and O–H groups in total. The van der Waals surface area contributed by atoms with Crippen LogP contribution >= 0.6 is 11.6 Å². The molecule has 0 fully saturated rings. The van der Waals surface area contributed by atoms with Crippen LogP contribution in [0.2, 0.25) is 5.02 Å². The van der Waals surface area contributed by atoms with E-state index in [2.05, 4.69) is 5.32 Å². The van der Waals surface area contributed by atoms with Crippen molar-refractivity contribution < 1.29 is 4.74 Å². The highest BCUT2D eigenvalue weighted by molar-refractivity contribution is 6.33. The topological polar surface area (TPSA) is 21.3 Å². The minimum Gasteiger partial charge on any atom is -0.497 e. The standard InChI is InChI=1S/C15H16ClNO/c1-17-10-11-9-12(18-2)7-8-13(11)14-5-3-4-6-15(14)16/h3-9,17H,10H2,1-2H3. The third-order valence-corrected chi connectivity index (χ3v) is 3.17. The molecule has 0 saturated heterocycles. The molecule has 0 aliphatic heterocycles. The molecule has 0 heterocycles. The second kappa shape index (κ2) is 5.89. The predicted molar refractivity (Wildman–Crippen MR) is 76.2 cm³/mol. The maximum atomic E-state index is 6.25. The van der Waals surface area contributed by atoms with Crippen molar-refractivity contribution in [1.29, 1.82) is 0 Å². The van der Waals surface area contributed by atoms with Crippen LogP contribution in [0.25, 0.3) is 11.1 Å². The molecule has 0 saturated carbocycles. The molecule has 0 radical (unpaired) electrons. The molecule has 2 nitrogen and oxygen atoms in total. The van der Waals surface area contributed by atoms with Crippen LogP contribution < -0.4 is 10.1 Å². The number of nitrogens with one attached hydrogen (secondary N) is 1. The Kier molecular flexibility index (Phi) is 4.24.